The topological polar surface area (TPSA) is 85.4 Å². The summed E-state index contributed by atoms with van der Waals surface area (Å²) in [6, 6.07) is 7.41. The quantitative estimate of drug-likeness (QED) is 0.459. The first-order chi connectivity index (χ1) is 17.0. The molecule has 0 unspecified atom stereocenters. The molecule has 3 heterocycles. The fraction of sp³-hybridized carbons (Fsp3) is 0.400. The molecule has 3 aliphatic heterocycles. The maximum Gasteiger partial charge on any atom is 0.416 e. The van der Waals surface area contributed by atoms with Gasteiger partial charge < -0.3 is 19.1 Å². The Hall–Kier alpha value is -3.76. The van der Waals surface area contributed by atoms with Crippen LogP contribution in [0.15, 0.2) is 42.5 Å². The molecule has 190 valence electrons. The van der Waals surface area contributed by atoms with Crippen molar-refractivity contribution in [2.24, 2.45) is 11.8 Å². The molecule has 0 radical (unpaired) electrons. The number of fused-ring (bicyclic) bond motifs is 5. The van der Waals surface area contributed by atoms with Crippen molar-refractivity contribution in [1.29, 1.82) is 0 Å². The van der Waals surface area contributed by atoms with Gasteiger partial charge in [-0.3, -0.25) is 9.59 Å². The number of carbonyl (C=O) groups is 3. The summed E-state index contributed by atoms with van der Waals surface area (Å²) < 4.78 is 55.7. The molecule has 2 saturated heterocycles. The number of hydrogen-bond acceptors (Lipinski definition) is 6. The summed E-state index contributed by atoms with van der Waals surface area (Å²) in [5.41, 5.74) is -1.96. The molecule has 0 bridgehead atoms. The van der Waals surface area contributed by atoms with Gasteiger partial charge in [0.1, 0.15) is 17.0 Å². The lowest BCUT2D eigenvalue weighted by Gasteiger charge is -2.34. The van der Waals surface area contributed by atoms with Crippen LogP contribution < -0.4 is 14.4 Å². The summed E-state index contributed by atoms with van der Waals surface area (Å²) in [5, 5.41) is 0. The minimum atomic E-state index is -4.57. The van der Waals surface area contributed by atoms with Crippen LogP contribution in [-0.4, -0.2) is 48.7 Å². The number of alkyl halides is 3. The van der Waals surface area contributed by atoms with E-state index in [-0.39, 0.29) is 18.9 Å². The second-order valence-corrected chi connectivity index (χ2v) is 9.04. The molecule has 8 nitrogen and oxygen atoms in total. The maximum atomic E-state index is 13.8. The number of amides is 3. The minimum Gasteiger partial charge on any atom is -0.497 e. The summed E-state index contributed by atoms with van der Waals surface area (Å²) >= 11 is 0. The zero-order valence-electron chi connectivity index (χ0n) is 19.7. The molecule has 2 aromatic carbocycles. The van der Waals surface area contributed by atoms with E-state index < -0.39 is 53.1 Å². The van der Waals surface area contributed by atoms with Crippen LogP contribution in [0.1, 0.15) is 31.0 Å². The van der Waals surface area contributed by atoms with Gasteiger partial charge in [0, 0.05) is 17.5 Å². The fourth-order valence-electron chi connectivity index (χ4n) is 5.62. The lowest BCUT2D eigenvalue weighted by Crippen LogP contribution is -2.51. The smallest absolute Gasteiger partial charge is 0.416 e. The molecule has 11 heteroatoms. The predicted octanol–water partition coefficient (Wildman–Crippen LogP) is 4.18. The van der Waals surface area contributed by atoms with Gasteiger partial charge in [0.05, 0.1) is 43.5 Å². The van der Waals surface area contributed by atoms with Crippen molar-refractivity contribution in [1.82, 2.24) is 4.90 Å². The van der Waals surface area contributed by atoms with Crippen LogP contribution in [0.4, 0.5) is 23.7 Å². The van der Waals surface area contributed by atoms with Crippen LogP contribution in [0.5, 0.6) is 11.5 Å². The molecule has 0 saturated carbocycles. The zero-order valence-corrected chi connectivity index (χ0v) is 19.7. The number of esters is 1. The summed E-state index contributed by atoms with van der Waals surface area (Å²) in [7, 11) is 1.50. The van der Waals surface area contributed by atoms with E-state index in [2.05, 4.69) is 0 Å². The third-order valence-electron chi connectivity index (χ3n) is 7.22. The van der Waals surface area contributed by atoms with Gasteiger partial charge in [0.2, 0.25) is 0 Å². The highest BCUT2D eigenvalue weighted by molar-refractivity contribution is 6.24. The van der Waals surface area contributed by atoms with E-state index in [4.69, 9.17) is 14.2 Å². The number of nitrogens with zero attached hydrogens (tertiary/aromatic N) is 2. The summed E-state index contributed by atoms with van der Waals surface area (Å²) in [6.07, 6.45) is -4.57. The van der Waals surface area contributed by atoms with Crippen molar-refractivity contribution in [3.8, 4) is 11.5 Å². The number of hydrogen-bond donors (Lipinski definition) is 0. The molecule has 2 fully saturated rings. The first-order valence-corrected chi connectivity index (χ1v) is 11.4. The van der Waals surface area contributed by atoms with E-state index in [1.54, 1.807) is 25.1 Å². The van der Waals surface area contributed by atoms with Crippen molar-refractivity contribution in [3.63, 3.8) is 0 Å². The van der Waals surface area contributed by atoms with Gasteiger partial charge >= 0.3 is 18.2 Å². The van der Waals surface area contributed by atoms with Crippen LogP contribution in [0.25, 0.3) is 0 Å². The molecule has 36 heavy (non-hydrogen) atoms. The normalized spacial score (nSPS) is 26.8. The molecular formula is C25H23F3N2O6. The van der Waals surface area contributed by atoms with Crippen molar-refractivity contribution in [3.05, 3.63) is 53.6 Å². The molecule has 5 rings (SSSR count). The average Bonchev–Trinajstić information content (AvgIpc) is 3.23. The van der Waals surface area contributed by atoms with Gasteiger partial charge in [-0.05, 0) is 50.2 Å². The Morgan fingerprint density at radius 1 is 1.17 bits per heavy atom. The average molecular weight is 504 g/mol. The van der Waals surface area contributed by atoms with Crippen molar-refractivity contribution < 1.29 is 41.8 Å². The number of urea groups is 1. The fourth-order valence-corrected chi connectivity index (χ4v) is 5.62. The number of methoxy groups -OCH3 is 1. The minimum absolute atomic E-state index is 0.0187. The Labute approximate surface area is 204 Å². The van der Waals surface area contributed by atoms with Crippen LogP contribution in [0, 0.1) is 11.8 Å². The molecule has 0 N–H and O–H groups in total. The Kier molecular flexibility index (Phi) is 5.42. The molecule has 4 atom stereocenters. The van der Waals surface area contributed by atoms with E-state index in [0.29, 0.717) is 17.1 Å². The number of halogens is 3. The van der Waals surface area contributed by atoms with Gasteiger partial charge in [0.25, 0.3) is 5.91 Å². The second kappa shape index (κ2) is 8.14. The van der Waals surface area contributed by atoms with E-state index in [9.17, 15) is 27.6 Å². The SMILES string of the molecule is CCOC(=O)[C@H]1[C@H]2COc3cc(OC)ccc3[C@@H]2N2C(=O)N(c3ccc(C(F)(F)F)cc3)C(=O)[C@@]12C. The van der Waals surface area contributed by atoms with Gasteiger partial charge in [-0.1, -0.05) is 0 Å². The highest BCUT2D eigenvalue weighted by Crippen LogP contribution is 2.58. The number of carbonyl (C=O) groups excluding carboxylic acids is 3. The van der Waals surface area contributed by atoms with E-state index in [1.165, 1.54) is 18.9 Å². The molecule has 0 aliphatic carbocycles. The number of benzene rings is 2. The van der Waals surface area contributed by atoms with Crippen LogP contribution in [0.3, 0.4) is 0 Å². The molecule has 3 aliphatic rings. The third kappa shape index (κ3) is 3.25. The standard InChI is InChI=1S/C25H23F3N2O6/c1-4-35-21(31)19-17-12-36-18-11-15(34-3)9-10-16(18)20(17)30-23(33)29(22(32)24(19,30)2)14-7-5-13(6-8-14)25(26,27)28/h5-11,17,19-20H,4,12H2,1-3H3/t17-,19-,20+,24-/m1/s1. The van der Waals surface area contributed by atoms with E-state index in [0.717, 1.165) is 29.2 Å². The highest BCUT2D eigenvalue weighted by Gasteiger charge is 2.72. The Morgan fingerprint density at radius 2 is 1.86 bits per heavy atom. The second-order valence-electron chi connectivity index (χ2n) is 9.04. The largest absolute Gasteiger partial charge is 0.497 e. The molecule has 3 amide bonds. The molecule has 0 aromatic heterocycles. The first kappa shape index (κ1) is 24.0. The Balaban J connectivity index is 1.63. The maximum absolute atomic E-state index is 13.8. The number of ether oxygens (including phenoxy) is 3. The van der Waals surface area contributed by atoms with Gasteiger partial charge in [-0.25, -0.2) is 9.69 Å². The first-order valence-electron chi connectivity index (χ1n) is 11.4. The number of anilines is 1. The monoisotopic (exact) mass is 504 g/mol. The Bertz CT molecular complexity index is 1250. The predicted molar refractivity (Wildman–Crippen MR) is 119 cm³/mol. The van der Waals surface area contributed by atoms with Gasteiger partial charge in [-0.2, -0.15) is 13.2 Å². The molecular weight excluding hydrogens is 481 g/mol. The molecule has 2 aromatic rings. The van der Waals surface area contributed by atoms with Crippen molar-refractivity contribution in [2.45, 2.75) is 31.6 Å². The third-order valence-corrected chi connectivity index (χ3v) is 7.22. The number of imide groups is 1. The van der Waals surface area contributed by atoms with Crippen LogP contribution >= 0.6 is 0 Å². The van der Waals surface area contributed by atoms with E-state index in [1.807, 2.05) is 0 Å². The zero-order chi connectivity index (χ0) is 26.0. The van der Waals surface area contributed by atoms with Crippen LogP contribution in [-0.2, 0) is 20.5 Å². The summed E-state index contributed by atoms with van der Waals surface area (Å²) in [6.45, 7) is 3.27. The molecule has 0 spiro atoms. The van der Waals surface area contributed by atoms with E-state index >= 15 is 0 Å². The highest BCUT2D eigenvalue weighted by atomic mass is 19.4. The number of rotatable bonds is 4. The van der Waals surface area contributed by atoms with Crippen molar-refractivity contribution >= 4 is 23.6 Å². The lowest BCUT2D eigenvalue weighted by atomic mass is 9.77. The Morgan fingerprint density at radius 3 is 2.47 bits per heavy atom. The van der Waals surface area contributed by atoms with Crippen molar-refractivity contribution in [2.75, 3.05) is 25.2 Å². The van der Waals surface area contributed by atoms with Crippen LogP contribution in [0.2, 0.25) is 0 Å². The summed E-state index contributed by atoms with van der Waals surface area (Å²) in [4.78, 5) is 43.0. The lowest BCUT2D eigenvalue weighted by molar-refractivity contribution is -0.154. The van der Waals surface area contributed by atoms with Gasteiger partial charge in [-0.15, -0.1) is 0 Å². The summed E-state index contributed by atoms with van der Waals surface area (Å²) in [5.74, 6) is -1.99. The van der Waals surface area contributed by atoms with Gasteiger partial charge in [0.15, 0.2) is 0 Å².